The fourth-order valence-corrected chi connectivity index (χ4v) is 3.76. The average Bonchev–Trinajstić information content (AvgIpc) is 3.22. The molecule has 0 spiro atoms. The molecule has 8 heteroatoms. The second-order valence-corrected chi connectivity index (χ2v) is 7.77. The highest BCUT2D eigenvalue weighted by Gasteiger charge is 2.30. The first-order valence-electron chi connectivity index (χ1n) is 11.0. The minimum absolute atomic E-state index is 0.0246. The maximum Gasteiger partial charge on any atom is 0.419 e. The van der Waals surface area contributed by atoms with Crippen molar-refractivity contribution in [3.05, 3.63) is 89.9 Å². The molecule has 1 heterocycles. The molecular formula is C27H23FN2O5. The summed E-state index contributed by atoms with van der Waals surface area (Å²) in [6.07, 6.45) is -0.782. The van der Waals surface area contributed by atoms with Gasteiger partial charge in [0.1, 0.15) is 17.2 Å². The molecule has 35 heavy (non-hydrogen) atoms. The zero-order valence-electron chi connectivity index (χ0n) is 19.2. The summed E-state index contributed by atoms with van der Waals surface area (Å²) in [5, 5.41) is 13.1. The molecule has 4 aromatic rings. The topological polar surface area (TPSA) is 92.9 Å². The highest BCUT2D eigenvalue weighted by Crippen LogP contribution is 2.39. The molecule has 3 aromatic carbocycles. The van der Waals surface area contributed by atoms with E-state index >= 15 is 0 Å². The molecule has 1 aromatic heterocycles. The second-order valence-electron chi connectivity index (χ2n) is 7.77. The predicted molar refractivity (Wildman–Crippen MR) is 129 cm³/mol. The summed E-state index contributed by atoms with van der Waals surface area (Å²) >= 11 is 0. The summed E-state index contributed by atoms with van der Waals surface area (Å²) in [7, 11) is 0. The lowest BCUT2D eigenvalue weighted by Crippen LogP contribution is -2.28. The summed E-state index contributed by atoms with van der Waals surface area (Å²) in [5.74, 6) is -1.14. The molecule has 7 nitrogen and oxygen atoms in total. The molecule has 0 fully saturated rings. The van der Waals surface area contributed by atoms with Gasteiger partial charge in [0.25, 0.3) is 0 Å². The van der Waals surface area contributed by atoms with Gasteiger partial charge in [0, 0.05) is 5.56 Å². The van der Waals surface area contributed by atoms with E-state index in [-0.39, 0.29) is 18.7 Å². The number of carboxylic acid groups (broad SMARTS) is 1. The Morgan fingerprint density at radius 2 is 1.57 bits per heavy atom. The van der Waals surface area contributed by atoms with Crippen molar-refractivity contribution in [2.75, 3.05) is 11.5 Å². The van der Waals surface area contributed by atoms with Gasteiger partial charge >= 0.3 is 12.1 Å². The first-order chi connectivity index (χ1) is 16.9. The Labute approximate surface area is 201 Å². The van der Waals surface area contributed by atoms with Crippen LogP contribution in [0.1, 0.15) is 18.2 Å². The van der Waals surface area contributed by atoms with E-state index < -0.39 is 17.9 Å². The number of halogens is 1. The minimum atomic E-state index is -0.881. The Hall–Kier alpha value is -4.46. The molecule has 0 unspecified atom stereocenters. The van der Waals surface area contributed by atoms with Gasteiger partial charge in [-0.15, -0.1) is 0 Å². The monoisotopic (exact) mass is 474 g/mol. The number of ether oxygens (including phenoxy) is 1. The van der Waals surface area contributed by atoms with Crippen LogP contribution in [-0.2, 0) is 16.0 Å². The molecular weight excluding hydrogens is 451 g/mol. The number of carbonyl (C=O) groups is 2. The van der Waals surface area contributed by atoms with Gasteiger partial charge in [0.05, 0.1) is 18.7 Å². The van der Waals surface area contributed by atoms with Crippen molar-refractivity contribution in [1.29, 1.82) is 0 Å². The maximum absolute atomic E-state index is 14.7. The standard InChI is InChI=1S/C27H23FN2O5/c1-3-34-27(33)30(23-7-5-4-6-22(23)28)26-17(2)35-29-25(26)21-14-12-20(13-15-21)19-10-8-18(9-11-19)16-24(31)32/h4-15H,3,16H2,1-2H3,(H,31,32). The van der Waals surface area contributed by atoms with E-state index in [1.807, 2.05) is 36.4 Å². The van der Waals surface area contributed by atoms with Crippen LogP contribution in [0.2, 0.25) is 0 Å². The largest absolute Gasteiger partial charge is 0.481 e. The van der Waals surface area contributed by atoms with Gasteiger partial charge in [-0.2, -0.15) is 0 Å². The van der Waals surface area contributed by atoms with Gasteiger partial charge in [0.2, 0.25) is 0 Å². The highest BCUT2D eigenvalue weighted by molar-refractivity contribution is 6.00. The summed E-state index contributed by atoms with van der Waals surface area (Å²) in [5.41, 5.74) is 3.88. The summed E-state index contributed by atoms with van der Waals surface area (Å²) in [6.45, 7) is 3.43. The van der Waals surface area contributed by atoms with Gasteiger partial charge in [-0.3, -0.25) is 4.79 Å². The molecule has 0 aliphatic heterocycles. The predicted octanol–water partition coefficient (Wildman–Crippen LogP) is 6.38. The summed E-state index contributed by atoms with van der Waals surface area (Å²) in [6, 6.07) is 20.6. The van der Waals surface area contributed by atoms with Gasteiger partial charge in [0.15, 0.2) is 5.76 Å². The number of nitrogens with zero attached hydrogens (tertiary/aromatic N) is 2. The quantitative estimate of drug-likeness (QED) is 0.334. The summed E-state index contributed by atoms with van der Waals surface area (Å²) < 4.78 is 25.3. The molecule has 4 rings (SSSR count). The van der Waals surface area contributed by atoms with Crippen LogP contribution < -0.4 is 4.90 Å². The van der Waals surface area contributed by atoms with E-state index in [0.29, 0.717) is 28.3 Å². The first-order valence-corrected chi connectivity index (χ1v) is 11.0. The van der Waals surface area contributed by atoms with Gasteiger partial charge in [-0.1, -0.05) is 65.8 Å². The van der Waals surface area contributed by atoms with Crippen LogP contribution in [0.5, 0.6) is 0 Å². The molecule has 1 N–H and O–H groups in total. The third-order valence-corrected chi connectivity index (χ3v) is 5.40. The molecule has 0 radical (unpaired) electrons. The van der Waals surface area contributed by atoms with E-state index in [4.69, 9.17) is 14.4 Å². The van der Waals surface area contributed by atoms with E-state index in [2.05, 4.69) is 5.16 Å². The Morgan fingerprint density at radius 1 is 0.971 bits per heavy atom. The number of aromatic nitrogens is 1. The van der Waals surface area contributed by atoms with E-state index in [1.165, 1.54) is 18.2 Å². The number of aryl methyl sites for hydroxylation is 1. The molecule has 1 amide bonds. The normalized spacial score (nSPS) is 10.7. The number of amides is 1. The zero-order chi connectivity index (χ0) is 24.9. The van der Waals surface area contributed by atoms with Gasteiger partial charge in [-0.05, 0) is 42.7 Å². The lowest BCUT2D eigenvalue weighted by atomic mass is 10.0. The minimum Gasteiger partial charge on any atom is -0.481 e. The molecule has 0 atom stereocenters. The Kier molecular flexibility index (Phi) is 6.91. The SMILES string of the molecule is CCOC(=O)N(c1ccccc1F)c1c(-c2ccc(-c3ccc(CC(=O)O)cc3)cc2)noc1C. The Balaban J connectivity index is 1.71. The van der Waals surface area contributed by atoms with Crippen molar-refractivity contribution in [2.45, 2.75) is 20.3 Å². The van der Waals surface area contributed by atoms with Crippen molar-refractivity contribution in [3.8, 4) is 22.4 Å². The first kappa shape index (κ1) is 23.7. The van der Waals surface area contributed by atoms with Crippen LogP contribution in [-0.4, -0.2) is 28.9 Å². The fraction of sp³-hybridized carbons (Fsp3) is 0.148. The number of aliphatic carboxylic acids is 1. The van der Waals surface area contributed by atoms with Crippen molar-refractivity contribution in [2.24, 2.45) is 0 Å². The van der Waals surface area contributed by atoms with E-state index in [9.17, 15) is 14.0 Å². The third kappa shape index (κ3) is 5.06. The van der Waals surface area contributed by atoms with Crippen LogP contribution in [0.3, 0.4) is 0 Å². The Morgan fingerprint density at radius 3 is 2.17 bits per heavy atom. The van der Waals surface area contributed by atoms with Crippen LogP contribution in [0, 0.1) is 12.7 Å². The van der Waals surface area contributed by atoms with Crippen molar-refractivity contribution in [3.63, 3.8) is 0 Å². The molecule has 0 aliphatic rings. The molecule has 0 aliphatic carbocycles. The number of hydrogen-bond donors (Lipinski definition) is 1. The highest BCUT2D eigenvalue weighted by atomic mass is 19.1. The van der Waals surface area contributed by atoms with Crippen molar-refractivity contribution in [1.82, 2.24) is 5.16 Å². The number of benzene rings is 3. The van der Waals surface area contributed by atoms with Crippen LogP contribution in [0.25, 0.3) is 22.4 Å². The third-order valence-electron chi connectivity index (χ3n) is 5.40. The van der Waals surface area contributed by atoms with E-state index in [0.717, 1.165) is 16.0 Å². The fourth-order valence-electron chi connectivity index (χ4n) is 3.76. The number of hydrogen-bond acceptors (Lipinski definition) is 5. The van der Waals surface area contributed by atoms with Crippen molar-refractivity contribution >= 4 is 23.4 Å². The Bertz CT molecular complexity index is 1350. The lowest BCUT2D eigenvalue weighted by molar-refractivity contribution is -0.136. The molecule has 0 saturated carbocycles. The molecule has 178 valence electrons. The van der Waals surface area contributed by atoms with Gasteiger partial charge < -0.3 is 14.4 Å². The van der Waals surface area contributed by atoms with Crippen LogP contribution in [0.4, 0.5) is 20.6 Å². The number of anilines is 2. The van der Waals surface area contributed by atoms with Crippen molar-refractivity contribution < 1.29 is 28.3 Å². The van der Waals surface area contributed by atoms with Gasteiger partial charge in [-0.25, -0.2) is 14.1 Å². The maximum atomic E-state index is 14.7. The number of rotatable bonds is 7. The molecule has 0 bridgehead atoms. The second kappa shape index (κ2) is 10.2. The van der Waals surface area contributed by atoms with Crippen LogP contribution >= 0.6 is 0 Å². The molecule has 0 saturated heterocycles. The van der Waals surface area contributed by atoms with Crippen LogP contribution in [0.15, 0.2) is 77.3 Å². The van der Waals surface area contributed by atoms with E-state index in [1.54, 1.807) is 32.0 Å². The lowest BCUT2D eigenvalue weighted by Gasteiger charge is -2.22. The number of para-hydroxylation sites is 1. The zero-order valence-corrected chi connectivity index (χ0v) is 19.2. The number of carboxylic acids is 1. The summed E-state index contributed by atoms with van der Waals surface area (Å²) in [4.78, 5) is 24.9. The average molecular weight is 474 g/mol. The number of carbonyl (C=O) groups excluding carboxylic acids is 1. The smallest absolute Gasteiger partial charge is 0.419 e.